The summed E-state index contributed by atoms with van der Waals surface area (Å²) in [6, 6.07) is 6.13. The number of aliphatic carboxylic acids is 1. The topological polar surface area (TPSA) is 70.4 Å². The lowest BCUT2D eigenvalue weighted by molar-refractivity contribution is -0.131. The molecule has 0 aliphatic carbocycles. The van der Waals surface area contributed by atoms with Crippen LogP contribution in [0.15, 0.2) is 36.5 Å². The molecule has 7 heteroatoms. The molecule has 0 fully saturated rings. The number of rotatable bonds is 8. The van der Waals surface area contributed by atoms with E-state index < -0.39 is 5.97 Å². The Kier molecular flexibility index (Phi) is 6.53. The molecule has 1 aromatic heterocycles. The fourth-order valence-electron chi connectivity index (χ4n) is 3.48. The summed E-state index contributed by atoms with van der Waals surface area (Å²) in [5, 5.41) is 17.0. The lowest BCUT2D eigenvalue weighted by Crippen LogP contribution is -2.23. The zero-order chi connectivity index (χ0) is 19.2. The van der Waals surface area contributed by atoms with E-state index in [2.05, 4.69) is 21.4 Å². The van der Waals surface area contributed by atoms with Crippen molar-refractivity contribution < 1.29 is 9.90 Å². The Labute approximate surface area is 164 Å². The third-order valence-electron chi connectivity index (χ3n) is 4.75. The third kappa shape index (κ3) is 4.90. The fraction of sp³-hybridized carbons (Fsp3) is 0.400. The highest BCUT2D eigenvalue weighted by molar-refractivity contribution is 6.30. The zero-order valence-corrected chi connectivity index (χ0v) is 16.2. The van der Waals surface area contributed by atoms with Gasteiger partial charge in [-0.3, -0.25) is 4.68 Å². The summed E-state index contributed by atoms with van der Waals surface area (Å²) >= 11 is 6.28. The molecule has 0 unspecified atom stereocenters. The summed E-state index contributed by atoms with van der Waals surface area (Å²) in [5.41, 5.74) is 3.75. The Balaban J connectivity index is 1.64. The van der Waals surface area contributed by atoms with Gasteiger partial charge in [0.05, 0.1) is 6.20 Å². The SMILES string of the molecule is Cn1ncc2c1N(CCCCNC/C=C/C(=O)O)c1cc(Cl)ccc1CC2. The van der Waals surface area contributed by atoms with Crippen molar-refractivity contribution >= 4 is 29.1 Å². The van der Waals surface area contributed by atoms with Gasteiger partial charge in [-0.05, 0) is 49.9 Å². The lowest BCUT2D eigenvalue weighted by Gasteiger charge is -2.26. The van der Waals surface area contributed by atoms with Gasteiger partial charge in [-0.2, -0.15) is 5.10 Å². The van der Waals surface area contributed by atoms with Gasteiger partial charge < -0.3 is 15.3 Å². The molecule has 0 bridgehead atoms. The number of nitrogens with zero attached hydrogens (tertiary/aromatic N) is 3. The van der Waals surface area contributed by atoms with Gasteiger partial charge in [-0.1, -0.05) is 23.7 Å². The molecule has 0 radical (unpaired) electrons. The Hall–Kier alpha value is -2.31. The molecule has 2 aromatic rings. The number of aromatic nitrogens is 2. The lowest BCUT2D eigenvalue weighted by atomic mass is 10.1. The van der Waals surface area contributed by atoms with E-state index in [0.29, 0.717) is 6.54 Å². The second kappa shape index (κ2) is 9.06. The molecule has 144 valence electrons. The van der Waals surface area contributed by atoms with Gasteiger partial charge in [-0.25, -0.2) is 4.79 Å². The van der Waals surface area contributed by atoms with Gasteiger partial charge in [0.15, 0.2) is 0 Å². The summed E-state index contributed by atoms with van der Waals surface area (Å²) in [5.74, 6) is 0.232. The van der Waals surface area contributed by atoms with Crippen molar-refractivity contribution in [2.45, 2.75) is 25.7 Å². The van der Waals surface area contributed by atoms with E-state index >= 15 is 0 Å². The number of fused-ring (bicyclic) bond motifs is 2. The molecule has 0 atom stereocenters. The Morgan fingerprint density at radius 1 is 1.33 bits per heavy atom. The number of carbonyl (C=O) groups is 1. The molecule has 1 aliphatic heterocycles. The summed E-state index contributed by atoms with van der Waals surface area (Å²) in [7, 11) is 1.98. The Bertz CT molecular complexity index is 831. The third-order valence-corrected chi connectivity index (χ3v) is 4.98. The van der Waals surface area contributed by atoms with Gasteiger partial charge >= 0.3 is 5.97 Å². The number of anilines is 2. The van der Waals surface area contributed by atoms with Crippen molar-refractivity contribution in [3.05, 3.63) is 52.7 Å². The molecule has 3 rings (SSSR count). The maximum atomic E-state index is 10.4. The van der Waals surface area contributed by atoms with Gasteiger partial charge in [-0.15, -0.1) is 0 Å². The van der Waals surface area contributed by atoms with Crippen LogP contribution in [0.3, 0.4) is 0 Å². The molecule has 0 saturated carbocycles. The van der Waals surface area contributed by atoms with E-state index in [0.717, 1.165) is 55.7 Å². The van der Waals surface area contributed by atoms with Crippen molar-refractivity contribution in [1.29, 1.82) is 0 Å². The first-order valence-corrected chi connectivity index (χ1v) is 9.61. The number of hydrogen-bond donors (Lipinski definition) is 2. The fourth-order valence-corrected chi connectivity index (χ4v) is 3.64. The Morgan fingerprint density at radius 2 is 2.15 bits per heavy atom. The van der Waals surface area contributed by atoms with Crippen LogP contribution in [0, 0.1) is 0 Å². The number of halogens is 1. The van der Waals surface area contributed by atoms with E-state index in [1.807, 2.05) is 30.1 Å². The van der Waals surface area contributed by atoms with Gasteiger partial charge in [0.2, 0.25) is 0 Å². The van der Waals surface area contributed by atoms with Crippen molar-refractivity contribution in [2.75, 3.05) is 24.5 Å². The van der Waals surface area contributed by atoms with Gasteiger partial charge in [0.1, 0.15) is 5.82 Å². The first-order valence-electron chi connectivity index (χ1n) is 9.23. The first-order chi connectivity index (χ1) is 13.1. The van der Waals surface area contributed by atoms with E-state index in [-0.39, 0.29) is 0 Å². The number of nitrogens with one attached hydrogen (secondary N) is 1. The predicted octanol–water partition coefficient (Wildman–Crippen LogP) is 3.32. The van der Waals surface area contributed by atoms with E-state index in [1.165, 1.54) is 16.8 Å². The van der Waals surface area contributed by atoms with E-state index in [9.17, 15) is 4.79 Å². The average molecular weight is 389 g/mol. The van der Waals surface area contributed by atoms with Crippen molar-refractivity contribution in [2.24, 2.45) is 7.05 Å². The summed E-state index contributed by atoms with van der Waals surface area (Å²) < 4.78 is 1.94. The molecule has 1 aliphatic rings. The minimum atomic E-state index is -0.915. The maximum absolute atomic E-state index is 10.4. The number of unbranched alkanes of at least 4 members (excludes halogenated alkanes) is 1. The molecule has 2 heterocycles. The summed E-state index contributed by atoms with van der Waals surface area (Å²) in [4.78, 5) is 12.8. The van der Waals surface area contributed by atoms with Crippen LogP contribution < -0.4 is 10.2 Å². The van der Waals surface area contributed by atoms with Crippen molar-refractivity contribution in [1.82, 2.24) is 15.1 Å². The van der Waals surface area contributed by atoms with Crippen LogP contribution in [0.4, 0.5) is 11.5 Å². The van der Waals surface area contributed by atoms with Crippen LogP contribution in [0.5, 0.6) is 0 Å². The van der Waals surface area contributed by atoms with E-state index in [1.54, 1.807) is 6.08 Å². The van der Waals surface area contributed by atoms with Crippen LogP contribution in [0.2, 0.25) is 5.02 Å². The van der Waals surface area contributed by atoms with E-state index in [4.69, 9.17) is 16.7 Å². The molecule has 0 spiro atoms. The number of carboxylic acid groups (broad SMARTS) is 1. The van der Waals surface area contributed by atoms with Crippen LogP contribution >= 0.6 is 11.6 Å². The quantitative estimate of drug-likeness (QED) is 0.536. The maximum Gasteiger partial charge on any atom is 0.328 e. The highest BCUT2D eigenvalue weighted by atomic mass is 35.5. The standard InChI is InChI=1S/C20H25ClN4O2/c1-24-20-16(14-23-24)7-6-15-8-9-17(21)13-18(15)25(20)12-3-2-10-22-11-4-5-19(26)27/h4-5,8-9,13-14,22H,2-3,6-7,10-12H2,1H3,(H,26,27)/b5-4+. The molecule has 2 N–H and O–H groups in total. The number of carboxylic acids is 1. The largest absolute Gasteiger partial charge is 0.478 e. The second-order valence-corrected chi connectivity index (χ2v) is 7.13. The summed E-state index contributed by atoms with van der Waals surface area (Å²) in [6.45, 7) is 2.30. The molecule has 6 nitrogen and oxygen atoms in total. The van der Waals surface area contributed by atoms with Crippen molar-refractivity contribution in [3.8, 4) is 0 Å². The highest BCUT2D eigenvalue weighted by Gasteiger charge is 2.23. The van der Waals surface area contributed by atoms with Crippen molar-refractivity contribution in [3.63, 3.8) is 0 Å². The molecule has 27 heavy (non-hydrogen) atoms. The van der Waals surface area contributed by atoms with Crippen LogP contribution in [0.25, 0.3) is 0 Å². The Morgan fingerprint density at radius 3 is 2.96 bits per heavy atom. The number of benzene rings is 1. The zero-order valence-electron chi connectivity index (χ0n) is 15.5. The van der Waals surface area contributed by atoms with Crippen LogP contribution in [-0.4, -0.2) is 40.5 Å². The minimum absolute atomic E-state index is 0.570. The summed E-state index contributed by atoms with van der Waals surface area (Å²) in [6.07, 6.45) is 8.72. The molecule has 0 amide bonds. The minimum Gasteiger partial charge on any atom is -0.478 e. The molecule has 1 aromatic carbocycles. The predicted molar refractivity (Wildman–Crippen MR) is 108 cm³/mol. The molecular formula is C20H25ClN4O2. The van der Waals surface area contributed by atoms with Crippen LogP contribution in [0.1, 0.15) is 24.0 Å². The van der Waals surface area contributed by atoms with Gasteiger partial charge in [0, 0.05) is 42.5 Å². The molecule has 0 saturated heterocycles. The normalized spacial score (nSPS) is 13.5. The van der Waals surface area contributed by atoms with Gasteiger partial charge in [0.25, 0.3) is 0 Å². The highest BCUT2D eigenvalue weighted by Crippen LogP contribution is 2.37. The number of hydrogen-bond acceptors (Lipinski definition) is 4. The first kappa shape index (κ1) is 19.5. The van der Waals surface area contributed by atoms with Crippen LogP contribution in [-0.2, 0) is 24.7 Å². The second-order valence-electron chi connectivity index (χ2n) is 6.69. The average Bonchev–Trinajstić information content (AvgIpc) is 2.92. The number of aryl methyl sites for hydroxylation is 3. The molecular weight excluding hydrogens is 364 g/mol. The monoisotopic (exact) mass is 388 g/mol. The smallest absolute Gasteiger partial charge is 0.328 e.